The van der Waals surface area contributed by atoms with Crippen LogP contribution in [0.15, 0.2) is 48.5 Å². The van der Waals surface area contributed by atoms with Gasteiger partial charge in [-0.25, -0.2) is 0 Å². The summed E-state index contributed by atoms with van der Waals surface area (Å²) in [5.74, 6) is 0.912. The molecular weight excluding hydrogens is 272 g/mol. The average Bonchev–Trinajstić information content (AvgIpc) is 2.57. The van der Waals surface area contributed by atoms with Gasteiger partial charge in [-0.2, -0.15) is 0 Å². The highest BCUT2D eigenvalue weighted by Gasteiger charge is 2.19. The first-order chi connectivity index (χ1) is 10.7. The normalized spacial score (nSPS) is 17.9. The van der Waals surface area contributed by atoms with E-state index < -0.39 is 0 Å². The van der Waals surface area contributed by atoms with Gasteiger partial charge < -0.3 is 15.8 Å². The van der Waals surface area contributed by atoms with E-state index in [9.17, 15) is 0 Å². The van der Waals surface area contributed by atoms with Crippen LogP contribution in [0.5, 0.6) is 5.75 Å². The van der Waals surface area contributed by atoms with E-state index in [-0.39, 0.29) is 6.04 Å². The number of para-hydroxylation sites is 1. The Balaban J connectivity index is 2.00. The van der Waals surface area contributed by atoms with Gasteiger partial charge in [-0.05, 0) is 37.1 Å². The first-order valence-electron chi connectivity index (χ1n) is 7.62. The fourth-order valence-corrected chi connectivity index (χ4v) is 3.00. The van der Waals surface area contributed by atoms with Crippen molar-refractivity contribution in [2.45, 2.75) is 19.4 Å². The molecule has 1 aliphatic rings. The molecule has 0 aromatic heterocycles. The Labute approximate surface area is 131 Å². The fraction of sp³-hybridized carbons (Fsp3) is 0.263. The number of methoxy groups -OCH3 is 1. The Bertz CT molecular complexity index is 706. The number of nitrogens with two attached hydrogens (primary N) is 1. The van der Waals surface area contributed by atoms with Gasteiger partial charge in [0.2, 0.25) is 0 Å². The zero-order valence-corrected chi connectivity index (χ0v) is 13.1. The molecule has 0 radical (unpaired) electrons. The number of nitrogens with one attached hydrogen (secondary N) is 1. The van der Waals surface area contributed by atoms with Crippen LogP contribution in [-0.2, 0) is 0 Å². The van der Waals surface area contributed by atoms with Crippen LogP contribution in [0.25, 0.3) is 5.57 Å². The topological polar surface area (TPSA) is 47.3 Å². The van der Waals surface area contributed by atoms with Gasteiger partial charge in [0.15, 0.2) is 0 Å². The standard InChI is InChI=1S/C19H22N2O/c1-13-7-8-17(20)16(11-13)14-9-10-21-18(12-14)15-5-3-4-6-19(15)22-2/h3-8,11-12,18,21H,9-10,20H2,1-2H3. The number of nitrogen functional groups attached to an aromatic ring is 1. The zero-order chi connectivity index (χ0) is 15.5. The maximum atomic E-state index is 6.17. The van der Waals surface area contributed by atoms with Crippen molar-refractivity contribution in [2.24, 2.45) is 0 Å². The summed E-state index contributed by atoms with van der Waals surface area (Å²) in [6.07, 6.45) is 3.26. The van der Waals surface area contributed by atoms with Crippen molar-refractivity contribution in [1.29, 1.82) is 0 Å². The van der Waals surface area contributed by atoms with Crippen molar-refractivity contribution in [2.75, 3.05) is 19.4 Å². The summed E-state index contributed by atoms with van der Waals surface area (Å²) in [6.45, 7) is 3.03. The molecule has 1 aliphatic heterocycles. The van der Waals surface area contributed by atoms with Crippen LogP contribution in [0, 0.1) is 6.92 Å². The lowest BCUT2D eigenvalue weighted by atomic mass is 9.92. The molecule has 3 heteroatoms. The van der Waals surface area contributed by atoms with Crippen LogP contribution in [0.2, 0.25) is 0 Å². The van der Waals surface area contributed by atoms with Gasteiger partial charge in [-0.3, -0.25) is 0 Å². The third kappa shape index (κ3) is 2.85. The predicted molar refractivity (Wildman–Crippen MR) is 91.9 cm³/mol. The number of ether oxygens (including phenoxy) is 1. The monoisotopic (exact) mass is 294 g/mol. The number of hydrogen-bond acceptors (Lipinski definition) is 3. The first kappa shape index (κ1) is 14.7. The molecule has 1 unspecified atom stereocenters. The summed E-state index contributed by atoms with van der Waals surface area (Å²) in [5, 5.41) is 3.55. The van der Waals surface area contributed by atoms with Crippen molar-refractivity contribution in [3.63, 3.8) is 0 Å². The molecule has 114 valence electrons. The lowest BCUT2D eigenvalue weighted by Gasteiger charge is -2.25. The van der Waals surface area contributed by atoms with E-state index in [1.807, 2.05) is 24.3 Å². The summed E-state index contributed by atoms with van der Waals surface area (Å²) in [4.78, 5) is 0. The Morgan fingerprint density at radius 3 is 2.82 bits per heavy atom. The van der Waals surface area contributed by atoms with Gasteiger partial charge in [0, 0.05) is 23.4 Å². The molecule has 2 aromatic rings. The largest absolute Gasteiger partial charge is 0.496 e. The van der Waals surface area contributed by atoms with Crippen LogP contribution in [-0.4, -0.2) is 13.7 Å². The Morgan fingerprint density at radius 2 is 2.00 bits per heavy atom. The highest BCUT2D eigenvalue weighted by molar-refractivity contribution is 5.76. The van der Waals surface area contributed by atoms with Gasteiger partial charge in [0.1, 0.15) is 5.75 Å². The number of hydrogen-bond donors (Lipinski definition) is 2. The summed E-state index contributed by atoms with van der Waals surface area (Å²) in [6, 6.07) is 14.5. The number of aryl methyl sites for hydroxylation is 1. The molecule has 2 aromatic carbocycles. The average molecular weight is 294 g/mol. The number of anilines is 1. The summed E-state index contributed by atoms with van der Waals surface area (Å²) in [5.41, 5.74) is 11.9. The van der Waals surface area contributed by atoms with Crippen molar-refractivity contribution >= 4 is 11.3 Å². The molecule has 1 heterocycles. The van der Waals surface area contributed by atoms with Crippen LogP contribution < -0.4 is 15.8 Å². The second kappa shape index (κ2) is 6.24. The minimum absolute atomic E-state index is 0.153. The van der Waals surface area contributed by atoms with Gasteiger partial charge in [0.05, 0.1) is 13.2 Å². The van der Waals surface area contributed by atoms with Gasteiger partial charge in [-0.1, -0.05) is 35.9 Å². The molecule has 0 saturated carbocycles. The van der Waals surface area contributed by atoms with Crippen molar-refractivity contribution in [3.05, 3.63) is 65.2 Å². The predicted octanol–water partition coefficient (Wildman–Crippen LogP) is 3.70. The Kier molecular flexibility index (Phi) is 4.16. The van der Waals surface area contributed by atoms with E-state index in [0.717, 1.165) is 35.5 Å². The van der Waals surface area contributed by atoms with E-state index >= 15 is 0 Å². The fourth-order valence-electron chi connectivity index (χ4n) is 3.00. The Hall–Kier alpha value is -2.26. The minimum Gasteiger partial charge on any atom is -0.496 e. The maximum absolute atomic E-state index is 6.17. The van der Waals surface area contributed by atoms with Crippen LogP contribution in [0.3, 0.4) is 0 Å². The van der Waals surface area contributed by atoms with E-state index in [1.165, 1.54) is 11.1 Å². The molecule has 0 spiro atoms. The maximum Gasteiger partial charge on any atom is 0.123 e. The van der Waals surface area contributed by atoms with Crippen LogP contribution >= 0.6 is 0 Å². The van der Waals surface area contributed by atoms with E-state index in [1.54, 1.807) is 7.11 Å². The molecule has 0 bridgehead atoms. The molecule has 3 nitrogen and oxygen atoms in total. The highest BCUT2D eigenvalue weighted by atomic mass is 16.5. The third-order valence-corrected chi connectivity index (χ3v) is 4.16. The first-order valence-corrected chi connectivity index (χ1v) is 7.62. The van der Waals surface area contributed by atoms with Crippen molar-refractivity contribution in [1.82, 2.24) is 5.32 Å². The van der Waals surface area contributed by atoms with Gasteiger partial charge in [-0.15, -0.1) is 0 Å². The molecule has 22 heavy (non-hydrogen) atoms. The van der Waals surface area contributed by atoms with Gasteiger partial charge >= 0.3 is 0 Å². The molecule has 0 fully saturated rings. The van der Waals surface area contributed by atoms with E-state index in [4.69, 9.17) is 10.5 Å². The van der Waals surface area contributed by atoms with E-state index in [2.05, 4.69) is 36.5 Å². The van der Waals surface area contributed by atoms with Crippen LogP contribution in [0.1, 0.15) is 29.2 Å². The molecule has 1 atom stereocenters. The minimum atomic E-state index is 0.153. The number of rotatable bonds is 3. The number of benzene rings is 2. The third-order valence-electron chi connectivity index (χ3n) is 4.16. The molecule has 0 saturated heterocycles. The summed E-state index contributed by atoms with van der Waals surface area (Å²) < 4.78 is 5.49. The quantitative estimate of drug-likeness (QED) is 0.848. The molecular formula is C19H22N2O. The molecule has 0 amide bonds. The highest BCUT2D eigenvalue weighted by Crippen LogP contribution is 2.34. The van der Waals surface area contributed by atoms with Crippen molar-refractivity contribution in [3.8, 4) is 5.75 Å². The second-order valence-electron chi connectivity index (χ2n) is 5.71. The zero-order valence-electron chi connectivity index (χ0n) is 13.1. The Morgan fingerprint density at radius 1 is 1.18 bits per heavy atom. The summed E-state index contributed by atoms with van der Waals surface area (Å²) in [7, 11) is 1.71. The molecule has 3 rings (SSSR count). The lowest BCUT2D eigenvalue weighted by Crippen LogP contribution is -2.25. The van der Waals surface area contributed by atoms with Crippen LogP contribution in [0.4, 0.5) is 5.69 Å². The smallest absolute Gasteiger partial charge is 0.123 e. The summed E-state index contributed by atoms with van der Waals surface area (Å²) >= 11 is 0. The van der Waals surface area contributed by atoms with E-state index in [0.29, 0.717) is 0 Å². The second-order valence-corrected chi connectivity index (χ2v) is 5.71. The van der Waals surface area contributed by atoms with Gasteiger partial charge in [0.25, 0.3) is 0 Å². The molecule has 3 N–H and O–H groups in total. The SMILES string of the molecule is COc1ccccc1C1C=C(c2cc(C)ccc2N)CCN1. The molecule has 0 aliphatic carbocycles. The lowest BCUT2D eigenvalue weighted by molar-refractivity contribution is 0.404. The van der Waals surface area contributed by atoms with Crippen molar-refractivity contribution < 1.29 is 4.74 Å².